The second-order valence-corrected chi connectivity index (χ2v) is 11.2. The molecule has 2 heterocycles. The van der Waals surface area contributed by atoms with Crippen LogP contribution in [0.25, 0.3) is 0 Å². The SMILES string of the molecule is Cc1ccccc1C(=O)c1cnc(NCC2CCN(S(=O)(=O)c3cc(F)ccc3C)CC2)s1. The highest BCUT2D eigenvalue weighted by Crippen LogP contribution is 2.28. The molecule has 0 aliphatic carbocycles. The standard InChI is InChI=1S/C24H26FN3O3S2/c1-16-5-3-4-6-20(16)23(29)21-15-27-24(32-21)26-14-18-9-11-28(12-10-18)33(30,31)22-13-19(25)8-7-17(22)2/h3-8,13,15,18H,9-12,14H2,1-2H3,(H,26,27). The van der Waals surface area contributed by atoms with Crippen LogP contribution in [0.1, 0.15) is 39.2 Å². The number of hydrogen-bond acceptors (Lipinski definition) is 6. The lowest BCUT2D eigenvalue weighted by atomic mass is 9.98. The molecule has 9 heteroatoms. The van der Waals surface area contributed by atoms with Gasteiger partial charge in [0.15, 0.2) is 5.13 Å². The smallest absolute Gasteiger partial charge is 0.243 e. The molecular formula is C24H26FN3O3S2. The Morgan fingerprint density at radius 2 is 1.88 bits per heavy atom. The van der Waals surface area contributed by atoms with Gasteiger partial charge in [-0.2, -0.15) is 4.31 Å². The van der Waals surface area contributed by atoms with Crippen LogP contribution in [0, 0.1) is 25.6 Å². The van der Waals surface area contributed by atoms with E-state index in [1.807, 2.05) is 31.2 Å². The minimum atomic E-state index is -3.72. The van der Waals surface area contributed by atoms with Gasteiger partial charge in [-0.15, -0.1) is 0 Å². The summed E-state index contributed by atoms with van der Waals surface area (Å²) >= 11 is 1.32. The van der Waals surface area contributed by atoms with Gasteiger partial charge in [0.05, 0.1) is 16.0 Å². The lowest BCUT2D eigenvalue weighted by Crippen LogP contribution is -2.40. The first-order valence-electron chi connectivity index (χ1n) is 10.8. The normalized spacial score (nSPS) is 15.5. The van der Waals surface area contributed by atoms with Crippen LogP contribution in [0.3, 0.4) is 0 Å². The zero-order chi connectivity index (χ0) is 23.6. The van der Waals surface area contributed by atoms with Crippen molar-refractivity contribution in [3.8, 4) is 0 Å². The van der Waals surface area contributed by atoms with Crippen molar-refractivity contribution in [1.82, 2.24) is 9.29 Å². The lowest BCUT2D eigenvalue weighted by Gasteiger charge is -2.31. The molecule has 174 valence electrons. The van der Waals surface area contributed by atoms with E-state index in [0.717, 1.165) is 11.6 Å². The Hall–Kier alpha value is -2.62. The maximum Gasteiger partial charge on any atom is 0.243 e. The Kier molecular flexibility index (Phi) is 6.92. The quantitative estimate of drug-likeness (QED) is 0.491. The maximum atomic E-state index is 13.6. The number of carbonyl (C=O) groups excluding carboxylic acids is 1. The van der Waals surface area contributed by atoms with Crippen molar-refractivity contribution in [2.24, 2.45) is 5.92 Å². The fourth-order valence-electron chi connectivity index (χ4n) is 4.00. The van der Waals surface area contributed by atoms with Crippen LogP contribution in [0.4, 0.5) is 9.52 Å². The monoisotopic (exact) mass is 487 g/mol. The highest BCUT2D eigenvalue weighted by atomic mass is 32.2. The predicted molar refractivity (Wildman–Crippen MR) is 128 cm³/mol. The van der Waals surface area contributed by atoms with Crippen molar-refractivity contribution >= 4 is 32.3 Å². The van der Waals surface area contributed by atoms with E-state index in [1.54, 1.807) is 13.1 Å². The fourth-order valence-corrected chi connectivity index (χ4v) is 6.48. The summed E-state index contributed by atoms with van der Waals surface area (Å²) < 4.78 is 41.0. The Bertz CT molecular complexity index is 1270. The number of nitrogens with one attached hydrogen (secondary N) is 1. The maximum absolute atomic E-state index is 13.6. The summed E-state index contributed by atoms with van der Waals surface area (Å²) in [7, 11) is -3.72. The summed E-state index contributed by atoms with van der Waals surface area (Å²) in [5.41, 5.74) is 2.15. The van der Waals surface area contributed by atoms with E-state index < -0.39 is 15.8 Å². The molecule has 2 aromatic carbocycles. The molecule has 0 saturated carbocycles. The van der Waals surface area contributed by atoms with Gasteiger partial charge in [-0.1, -0.05) is 41.7 Å². The number of sulfonamides is 1. The number of thiazole rings is 1. The zero-order valence-corrected chi connectivity index (χ0v) is 20.2. The molecule has 1 aromatic heterocycles. The largest absolute Gasteiger partial charge is 0.361 e. The number of aromatic nitrogens is 1. The van der Waals surface area contributed by atoms with Gasteiger partial charge in [-0.05, 0) is 55.9 Å². The van der Waals surface area contributed by atoms with E-state index >= 15 is 0 Å². The second kappa shape index (κ2) is 9.70. The summed E-state index contributed by atoms with van der Waals surface area (Å²) in [4.78, 5) is 17.7. The van der Waals surface area contributed by atoms with Gasteiger partial charge in [0.2, 0.25) is 15.8 Å². The third-order valence-corrected chi connectivity index (χ3v) is 9.00. The number of anilines is 1. The third-order valence-electron chi connectivity index (χ3n) is 6.00. The molecule has 1 saturated heterocycles. The molecule has 1 aliphatic heterocycles. The van der Waals surface area contributed by atoms with Crippen LogP contribution in [-0.2, 0) is 10.0 Å². The van der Waals surface area contributed by atoms with Crippen molar-refractivity contribution in [3.63, 3.8) is 0 Å². The summed E-state index contributed by atoms with van der Waals surface area (Å²) in [6, 6.07) is 11.3. The molecule has 1 fully saturated rings. The van der Waals surface area contributed by atoms with Gasteiger partial charge in [-0.25, -0.2) is 17.8 Å². The summed E-state index contributed by atoms with van der Waals surface area (Å²) in [5, 5.41) is 3.97. The molecule has 1 aliphatic rings. The molecule has 0 atom stereocenters. The van der Waals surface area contributed by atoms with Gasteiger partial charge in [-0.3, -0.25) is 4.79 Å². The Labute approximate surface area is 197 Å². The minimum absolute atomic E-state index is 0.0349. The Balaban J connectivity index is 1.33. The number of aryl methyl sites for hydroxylation is 2. The van der Waals surface area contributed by atoms with Crippen molar-refractivity contribution in [2.75, 3.05) is 25.0 Å². The molecule has 6 nitrogen and oxygen atoms in total. The van der Waals surface area contributed by atoms with E-state index in [1.165, 1.54) is 27.8 Å². The first-order chi connectivity index (χ1) is 15.8. The minimum Gasteiger partial charge on any atom is -0.361 e. The highest BCUT2D eigenvalue weighted by molar-refractivity contribution is 7.89. The number of ketones is 1. The number of benzene rings is 2. The molecule has 1 N–H and O–H groups in total. The van der Waals surface area contributed by atoms with Crippen molar-refractivity contribution in [1.29, 1.82) is 0 Å². The van der Waals surface area contributed by atoms with E-state index in [4.69, 9.17) is 0 Å². The molecule has 0 radical (unpaired) electrons. The average molecular weight is 488 g/mol. The van der Waals surface area contributed by atoms with Crippen LogP contribution >= 0.6 is 11.3 Å². The molecule has 0 unspecified atom stereocenters. The Morgan fingerprint density at radius 1 is 1.15 bits per heavy atom. The first-order valence-corrected chi connectivity index (χ1v) is 13.1. The van der Waals surface area contributed by atoms with Crippen LogP contribution in [-0.4, -0.2) is 43.1 Å². The topological polar surface area (TPSA) is 79.4 Å². The van der Waals surface area contributed by atoms with Crippen LogP contribution in [0.2, 0.25) is 0 Å². The van der Waals surface area contributed by atoms with Gasteiger partial charge in [0.1, 0.15) is 5.82 Å². The molecule has 33 heavy (non-hydrogen) atoms. The number of rotatable bonds is 7. The second-order valence-electron chi connectivity index (χ2n) is 8.31. The number of carbonyl (C=O) groups is 1. The first kappa shape index (κ1) is 23.5. The number of halogens is 1. The van der Waals surface area contributed by atoms with Crippen molar-refractivity contribution < 1.29 is 17.6 Å². The number of nitrogens with zero attached hydrogens (tertiary/aromatic N) is 2. The summed E-state index contributed by atoms with van der Waals surface area (Å²) in [6.07, 6.45) is 2.99. The van der Waals surface area contributed by atoms with E-state index in [2.05, 4.69) is 10.3 Å². The molecule has 4 rings (SSSR count). The highest BCUT2D eigenvalue weighted by Gasteiger charge is 2.30. The van der Waals surface area contributed by atoms with Gasteiger partial charge < -0.3 is 5.32 Å². The van der Waals surface area contributed by atoms with Crippen LogP contribution < -0.4 is 5.32 Å². The fraction of sp³-hybridized carbons (Fsp3) is 0.333. The number of hydrogen-bond donors (Lipinski definition) is 1. The molecular weight excluding hydrogens is 461 g/mol. The molecule has 0 bridgehead atoms. The third kappa shape index (κ3) is 5.15. The van der Waals surface area contributed by atoms with Gasteiger partial charge in [0.25, 0.3) is 0 Å². The Morgan fingerprint density at radius 3 is 2.61 bits per heavy atom. The lowest BCUT2D eigenvalue weighted by molar-refractivity contribution is 0.104. The molecule has 3 aromatic rings. The van der Waals surface area contributed by atoms with Crippen molar-refractivity contribution in [2.45, 2.75) is 31.6 Å². The van der Waals surface area contributed by atoms with E-state index in [9.17, 15) is 17.6 Å². The predicted octanol–water partition coefficient (Wildman–Crippen LogP) is 4.64. The van der Waals surface area contributed by atoms with Gasteiger partial charge in [0, 0.05) is 25.2 Å². The van der Waals surface area contributed by atoms with Gasteiger partial charge >= 0.3 is 0 Å². The van der Waals surface area contributed by atoms with Crippen molar-refractivity contribution in [3.05, 3.63) is 76.0 Å². The molecule has 0 spiro atoms. The van der Waals surface area contributed by atoms with Crippen LogP contribution in [0.15, 0.2) is 53.6 Å². The zero-order valence-electron chi connectivity index (χ0n) is 18.5. The van der Waals surface area contributed by atoms with Crippen LogP contribution in [0.5, 0.6) is 0 Å². The summed E-state index contributed by atoms with van der Waals surface area (Å²) in [5.74, 6) is -0.309. The summed E-state index contributed by atoms with van der Waals surface area (Å²) in [6.45, 7) is 5.02. The number of piperidine rings is 1. The average Bonchev–Trinajstić information content (AvgIpc) is 3.28. The van der Waals surface area contributed by atoms with E-state index in [-0.39, 0.29) is 16.6 Å². The van der Waals surface area contributed by atoms with E-state index in [0.29, 0.717) is 53.6 Å². The molecule has 0 amide bonds.